The van der Waals surface area contributed by atoms with Crippen LogP contribution in [0.5, 0.6) is 0 Å². The van der Waals surface area contributed by atoms with Gasteiger partial charge in [-0.15, -0.1) is 0 Å². The molecule has 0 N–H and O–H groups in total. The summed E-state index contributed by atoms with van der Waals surface area (Å²) in [6.07, 6.45) is 2.20. The Labute approximate surface area is 161 Å². The Balaban J connectivity index is 3.34. The average Bonchev–Trinajstić information content (AvgIpc) is 2.53. The smallest absolute Gasteiger partial charge is 0.340 e. The summed E-state index contributed by atoms with van der Waals surface area (Å²) in [7, 11) is 0. The first-order chi connectivity index (χ1) is 11.3. The van der Waals surface area contributed by atoms with Crippen molar-refractivity contribution in [1.82, 2.24) is 0 Å². The Hall–Kier alpha value is -0.680. The third kappa shape index (κ3) is 4.92. The maximum absolute atomic E-state index is 12.5. The van der Waals surface area contributed by atoms with Crippen molar-refractivity contribution < 1.29 is 19.1 Å². The predicted molar refractivity (Wildman–Crippen MR) is 96.8 cm³/mol. The zero-order valence-corrected chi connectivity index (χ0v) is 16.6. The molecule has 0 aliphatic rings. The lowest BCUT2D eigenvalue weighted by atomic mass is 10.1. The summed E-state index contributed by atoms with van der Waals surface area (Å²) in [4.78, 5) is 24.7. The lowest BCUT2D eigenvalue weighted by Gasteiger charge is -2.17. The van der Waals surface area contributed by atoms with Gasteiger partial charge >= 0.3 is 11.9 Å². The molecule has 0 saturated carbocycles. The largest absolute Gasteiger partial charge is 0.462 e. The van der Waals surface area contributed by atoms with Crippen LogP contribution in [0.4, 0.5) is 0 Å². The van der Waals surface area contributed by atoms with Crippen LogP contribution in [-0.2, 0) is 9.47 Å². The number of carbonyl (C=O) groups excluding carboxylic acids is 2. The topological polar surface area (TPSA) is 52.6 Å². The summed E-state index contributed by atoms with van der Waals surface area (Å²) in [6.45, 7) is 5.50. The van der Waals surface area contributed by atoms with E-state index in [1.165, 1.54) is 0 Å². The Bertz CT molecular complexity index is 631. The van der Waals surface area contributed by atoms with Crippen molar-refractivity contribution in [3.05, 3.63) is 31.2 Å². The van der Waals surface area contributed by atoms with Gasteiger partial charge in [-0.3, -0.25) is 0 Å². The van der Waals surface area contributed by atoms with Crippen LogP contribution in [0, 0.1) is 0 Å². The van der Waals surface area contributed by atoms with Gasteiger partial charge in [0.25, 0.3) is 0 Å². The second-order valence-electron chi connectivity index (χ2n) is 5.08. The summed E-state index contributed by atoms with van der Waals surface area (Å²) < 4.78 is 10.3. The van der Waals surface area contributed by atoms with Crippen LogP contribution in [0.1, 0.15) is 60.7 Å². The SMILES string of the molecule is CCCCC(C)OC(=O)c1c(Cl)c(Cl)c(Cl)c(Cl)c1C(=O)OCC. The van der Waals surface area contributed by atoms with Crippen LogP contribution in [0.2, 0.25) is 20.1 Å². The average molecular weight is 416 g/mol. The van der Waals surface area contributed by atoms with E-state index in [4.69, 9.17) is 55.9 Å². The van der Waals surface area contributed by atoms with Crippen LogP contribution >= 0.6 is 46.4 Å². The van der Waals surface area contributed by atoms with Crippen molar-refractivity contribution in [2.24, 2.45) is 0 Å². The fourth-order valence-electron chi connectivity index (χ4n) is 2.01. The second kappa shape index (κ2) is 9.71. The summed E-state index contributed by atoms with van der Waals surface area (Å²) >= 11 is 24.2. The van der Waals surface area contributed by atoms with Gasteiger partial charge in [0.1, 0.15) is 0 Å². The lowest BCUT2D eigenvalue weighted by Crippen LogP contribution is -2.20. The molecule has 0 aliphatic carbocycles. The minimum Gasteiger partial charge on any atom is -0.462 e. The molecule has 1 atom stereocenters. The van der Waals surface area contributed by atoms with Crippen molar-refractivity contribution in [3.8, 4) is 0 Å². The van der Waals surface area contributed by atoms with E-state index >= 15 is 0 Å². The van der Waals surface area contributed by atoms with E-state index in [1.807, 2.05) is 6.92 Å². The van der Waals surface area contributed by atoms with Crippen molar-refractivity contribution >= 4 is 58.3 Å². The van der Waals surface area contributed by atoms with Gasteiger partial charge in [0.2, 0.25) is 0 Å². The maximum Gasteiger partial charge on any atom is 0.340 e. The molecule has 1 aromatic rings. The number of carbonyl (C=O) groups is 2. The Morgan fingerprint density at radius 2 is 1.42 bits per heavy atom. The van der Waals surface area contributed by atoms with E-state index in [2.05, 4.69) is 0 Å². The molecule has 1 unspecified atom stereocenters. The number of rotatable bonds is 7. The van der Waals surface area contributed by atoms with Gasteiger partial charge in [-0.1, -0.05) is 66.2 Å². The molecular formula is C16H18Cl4O4. The standard InChI is InChI=1S/C16H18Cl4O4/c1-4-6-7-8(3)24-16(22)10-9(15(21)23-5-2)11(17)13(19)14(20)12(10)18/h8H,4-7H2,1-3H3. The highest BCUT2D eigenvalue weighted by molar-refractivity contribution is 6.54. The zero-order valence-electron chi connectivity index (χ0n) is 13.6. The van der Waals surface area contributed by atoms with Crippen molar-refractivity contribution in [3.63, 3.8) is 0 Å². The third-order valence-corrected chi connectivity index (χ3v) is 5.03. The highest BCUT2D eigenvalue weighted by Crippen LogP contribution is 2.42. The van der Waals surface area contributed by atoms with Gasteiger partial charge < -0.3 is 9.47 Å². The fourth-order valence-corrected chi connectivity index (χ4v) is 3.02. The molecule has 0 fully saturated rings. The summed E-state index contributed by atoms with van der Waals surface area (Å²) in [5.41, 5.74) is -0.483. The number of hydrogen-bond acceptors (Lipinski definition) is 4. The first-order valence-electron chi connectivity index (χ1n) is 7.50. The molecule has 0 aromatic heterocycles. The third-order valence-electron chi connectivity index (χ3n) is 3.22. The monoisotopic (exact) mass is 414 g/mol. The summed E-state index contributed by atoms with van der Waals surface area (Å²) in [5, 5.41) is -0.633. The molecule has 0 radical (unpaired) electrons. The van der Waals surface area contributed by atoms with E-state index in [0.717, 1.165) is 12.8 Å². The fraction of sp³-hybridized carbons (Fsp3) is 0.500. The van der Waals surface area contributed by atoms with Gasteiger partial charge in [-0.2, -0.15) is 0 Å². The van der Waals surface area contributed by atoms with E-state index in [1.54, 1.807) is 13.8 Å². The second-order valence-corrected chi connectivity index (χ2v) is 6.60. The quantitative estimate of drug-likeness (QED) is 0.301. The molecule has 8 heteroatoms. The molecule has 1 rings (SSSR count). The summed E-state index contributed by atoms with van der Waals surface area (Å²) in [6, 6.07) is 0. The van der Waals surface area contributed by atoms with Gasteiger partial charge in [-0.05, 0) is 20.3 Å². The Kier molecular flexibility index (Phi) is 8.65. The van der Waals surface area contributed by atoms with Crippen molar-refractivity contribution in [2.75, 3.05) is 6.61 Å². The molecule has 0 amide bonds. The Morgan fingerprint density at radius 3 is 1.88 bits per heavy atom. The van der Waals surface area contributed by atoms with Crippen molar-refractivity contribution in [1.29, 1.82) is 0 Å². The van der Waals surface area contributed by atoms with E-state index in [9.17, 15) is 9.59 Å². The molecule has 1 aromatic carbocycles. The Morgan fingerprint density at radius 1 is 0.917 bits per heavy atom. The first-order valence-corrected chi connectivity index (χ1v) is 9.01. The minimum atomic E-state index is -0.823. The van der Waals surface area contributed by atoms with Gasteiger partial charge in [-0.25, -0.2) is 9.59 Å². The van der Waals surface area contributed by atoms with Crippen LogP contribution < -0.4 is 0 Å². The van der Waals surface area contributed by atoms with Crippen LogP contribution in [-0.4, -0.2) is 24.6 Å². The minimum absolute atomic E-state index is 0.0917. The predicted octanol–water partition coefficient (Wildman–Crippen LogP) is 6.21. The molecule has 0 saturated heterocycles. The van der Waals surface area contributed by atoms with Crippen LogP contribution in [0.25, 0.3) is 0 Å². The zero-order chi connectivity index (χ0) is 18.4. The molecule has 0 heterocycles. The number of hydrogen-bond donors (Lipinski definition) is 0. The van der Waals surface area contributed by atoms with Gasteiger partial charge in [0.05, 0.1) is 43.9 Å². The van der Waals surface area contributed by atoms with Gasteiger partial charge in [0.15, 0.2) is 0 Å². The molecule has 24 heavy (non-hydrogen) atoms. The van der Waals surface area contributed by atoms with E-state index in [0.29, 0.717) is 6.42 Å². The van der Waals surface area contributed by atoms with Crippen LogP contribution in [0.3, 0.4) is 0 Å². The number of benzene rings is 1. The molecular weight excluding hydrogens is 398 g/mol. The molecule has 0 spiro atoms. The number of esters is 2. The van der Waals surface area contributed by atoms with Crippen molar-refractivity contribution in [2.45, 2.75) is 46.1 Å². The van der Waals surface area contributed by atoms with Gasteiger partial charge in [0, 0.05) is 0 Å². The molecule has 0 aliphatic heterocycles. The normalized spacial score (nSPS) is 12.0. The highest BCUT2D eigenvalue weighted by Gasteiger charge is 2.31. The molecule has 134 valence electrons. The summed E-state index contributed by atoms with van der Waals surface area (Å²) in [5.74, 6) is -1.62. The van der Waals surface area contributed by atoms with Crippen LogP contribution in [0.15, 0.2) is 0 Å². The molecule has 0 bridgehead atoms. The lowest BCUT2D eigenvalue weighted by molar-refractivity contribution is 0.0310. The highest BCUT2D eigenvalue weighted by atomic mass is 35.5. The number of unbranched alkanes of at least 4 members (excludes halogenated alkanes) is 1. The maximum atomic E-state index is 12.5. The number of ether oxygens (including phenoxy) is 2. The first kappa shape index (κ1) is 21.4. The number of halogens is 4. The van der Waals surface area contributed by atoms with E-state index in [-0.39, 0.29) is 43.9 Å². The van der Waals surface area contributed by atoms with E-state index < -0.39 is 11.9 Å². The molecule has 4 nitrogen and oxygen atoms in total.